The Morgan fingerprint density at radius 3 is 2.67 bits per heavy atom. The van der Waals surface area contributed by atoms with E-state index in [-0.39, 0.29) is 12.5 Å². The molecule has 1 saturated heterocycles. The van der Waals surface area contributed by atoms with E-state index in [1.54, 1.807) is 0 Å². The third-order valence-corrected chi connectivity index (χ3v) is 4.81. The van der Waals surface area contributed by atoms with Crippen LogP contribution in [0.5, 0.6) is 0 Å². The molecule has 1 heterocycles. The van der Waals surface area contributed by atoms with Crippen LogP contribution >= 0.6 is 0 Å². The van der Waals surface area contributed by atoms with Crippen LogP contribution in [0.3, 0.4) is 0 Å². The second-order valence-corrected chi connectivity index (χ2v) is 6.78. The van der Waals surface area contributed by atoms with Gasteiger partial charge in [0.1, 0.15) is 0 Å². The summed E-state index contributed by atoms with van der Waals surface area (Å²) in [4.78, 5) is 14.3. The van der Waals surface area contributed by atoms with Gasteiger partial charge in [-0.1, -0.05) is 6.92 Å². The van der Waals surface area contributed by atoms with Crippen LogP contribution in [-0.4, -0.2) is 60.8 Å². The van der Waals surface area contributed by atoms with Crippen molar-refractivity contribution in [3.63, 3.8) is 0 Å². The van der Waals surface area contributed by atoms with Crippen LogP contribution in [0.25, 0.3) is 0 Å². The summed E-state index contributed by atoms with van der Waals surface area (Å²) in [5.74, 6) is 0.915. The van der Waals surface area contributed by atoms with E-state index in [0.29, 0.717) is 25.2 Å². The highest BCUT2D eigenvalue weighted by molar-refractivity contribution is 5.78. The summed E-state index contributed by atoms with van der Waals surface area (Å²) in [5, 5.41) is 15.8. The van der Waals surface area contributed by atoms with Gasteiger partial charge in [-0.2, -0.15) is 0 Å². The van der Waals surface area contributed by atoms with Gasteiger partial charge < -0.3 is 15.7 Å². The maximum absolute atomic E-state index is 12.2. The van der Waals surface area contributed by atoms with Gasteiger partial charge in [-0.15, -0.1) is 0 Å². The van der Waals surface area contributed by atoms with Gasteiger partial charge in [0.05, 0.1) is 13.2 Å². The van der Waals surface area contributed by atoms with E-state index >= 15 is 0 Å². The molecule has 2 fully saturated rings. The molecule has 0 aromatic rings. The van der Waals surface area contributed by atoms with E-state index in [0.717, 1.165) is 31.8 Å². The minimum Gasteiger partial charge on any atom is -0.395 e. The predicted octanol–water partition coefficient (Wildman–Crippen LogP) is 0.728. The molecule has 1 atom stereocenters. The van der Waals surface area contributed by atoms with Crippen LogP contribution in [0.2, 0.25) is 0 Å². The number of carbonyl (C=O) groups is 1. The van der Waals surface area contributed by atoms with E-state index in [1.165, 1.54) is 25.7 Å². The summed E-state index contributed by atoms with van der Waals surface area (Å²) in [6, 6.07) is 0.828. The summed E-state index contributed by atoms with van der Waals surface area (Å²) in [6.45, 7) is 5.31. The molecule has 5 nitrogen and oxygen atoms in total. The second kappa shape index (κ2) is 8.71. The first kappa shape index (κ1) is 16.7. The molecule has 21 heavy (non-hydrogen) atoms. The Morgan fingerprint density at radius 2 is 2.05 bits per heavy atom. The van der Waals surface area contributed by atoms with Gasteiger partial charge in [0, 0.05) is 25.2 Å². The fourth-order valence-electron chi connectivity index (χ4n) is 3.48. The quantitative estimate of drug-likeness (QED) is 0.648. The monoisotopic (exact) mass is 297 g/mol. The lowest BCUT2D eigenvalue weighted by Gasteiger charge is -2.29. The lowest BCUT2D eigenvalue weighted by Crippen LogP contribution is -2.47. The molecule has 0 aromatic heterocycles. The minimum atomic E-state index is 0.112. The molecule has 1 unspecified atom stereocenters. The minimum absolute atomic E-state index is 0.112. The molecule has 1 aliphatic heterocycles. The van der Waals surface area contributed by atoms with Crippen LogP contribution < -0.4 is 10.6 Å². The zero-order valence-electron chi connectivity index (χ0n) is 13.3. The van der Waals surface area contributed by atoms with E-state index in [1.807, 2.05) is 0 Å². The fraction of sp³-hybridized carbons (Fsp3) is 0.938. The van der Waals surface area contributed by atoms with Crippen molar-refractivity contribution in [2.75, 3.05) is 32.8 Å². The number of carbonyl (C=O) groups excluding carboxylic acids is 1. The zero-order valence-corrected chi connectivity index (χ0v) is 13.3. The smallest absolute Gasteiger partial charge is 0.234 e. The lowest BCUT2D eigenvalue weighted by atomic mass is 9.87. The second-order valence-electron chi connectivity index (χ2n) is 6.78. The molecule has 2 aliphatic rings. The number of hydrogen-bond donors (Lipinski definition) is 3. The SMILES string of the molecule is CC1CCC(NC(=O)CN(CCO)CC2CCCN2)CC1. The van der Waals surface area contributed by atoms with E-state index in [2.05, 4.69) is 22.5 Å². The van der Waals surface area contributed by atoms with Gasteiger partial charge in [-0.25, -0.2) is 0 Å². The van der Waals surface area contributed by atoms with Crippen molar-refractivity contribution in [2.24, 2.45) is 5.92 Å². The Morgan fingerprint density at radius 1 is 1.29 bits per heavy atom. The van der Waals surface area contributed by atoms with Gasteiger partial charge in [-0.05, 0) is 51.0 Å². The first-order chi connectivity index (χ1) is 10.2. The maximum Gasteiger partial charge on any atom is 0.234 e. The number of hydrogen-bond acceptors (Lipinski definition) is 4. The Bertz CT molecular complexity index is 311. The molecule has 0 bridgehead atoms. The van der Waals surface area contributed by atoms with Crippen LogP contribution in [0.1, 0.15) is 45.4 Å². The van der Waals surface area contributed by atoms with Crippen molar-refractivity contribution in [3.05, 3.63) is 0 Å². The average Bonchev–Trinajstić information content (AvgIpc) is 2.94. The molecular formula is C16H31N3O2. The first-order valence-electron chi connectivity index (χ1n) is 8.53. The average molecular weight is 297 g/mol. The van der Waals surface area contributed by atoms with Gasteiger partial charge in [0.25, 0.3) is 0 Å². The molecule has 122 valence electrons. The number of aliphatic hydroxyl groups excluding tert-OH is 1. The molecule has 5 heteroatoms. The van der Waals surface area contributed by atoms with Crippen LogP contribution in [-0.2, 0) is 4.79 Å². The van der Waals surface area contributed by atoms with Gasteiger partial charge in [0.15, 0.2) is 0 Å². The molecule has 3 N–H and O–H groups in total. The highest BCUT2D eigenvalue weighted by Gasteiger charge is 2.22. The molecule has 0 spiro atoms. The third kappa shape index (κ3) is 5.93. The fourth-order valence-corrected chi connectivity index (χ4v) is 3.48. The van der Waals surface area contributed by atoms with Gasteiger partial charge in [0.2, 0.25) is 5.91 Å². The number of nitrogens with zero attached hydrogens (tertiary/aromatic N) is 1. The van der Waals surface area contributed by atoms with Crippen molar-refractivity contribution in [3.8, 4) is 0 Å². The molecule has 0 radical (unpaired) electrons. The summed E-state index contributed by atoms with van der Waals surface area (Å²) < 4.78 is 0. The number of amides is 1. The van der Waals surface area contributed by atoms with Crippen molar-refractivity contribution in [2.45, 2.75) is 57.5 Å². The summed E-state index contributed by atoms with van der Waals surface area (Å²) in [6.07, 6.45) is 7.04. The van der Waals surface area contributed by atoms with Crippen molar-refractivity contribution in [1.82, 2.24) is 15.5 Å². The Balaban J connectivity index is 1.72. The van der Waals surface area contributed by atoms with Crippen molar-refractivity contribution >= 4 is 5.91 Å². The summed E-state index contributed by atoms with van der Waals surface area (Å²) in [7, 11) is 0. The maximum atomic E-state index is 12.2. The van der Waals surface area contributed by atoms with E-state index in [9.17, 15) is 9.90 Å². The van der Waals surface area contributed by atoms with Gasteiger partial charge in [-0.3, -0.25) is 9.69 Å². The largest absolute Gasteiger partial charge is 0.395 e. The molecular weight excluding hydrogens is 266 g/mol. The number of aliphatic hydroxyl groups is 1. The van der Waals surface area contributed by atoms with Crippen LogP contribution in [0.4, 0.5) is 0 Å². The Hall–Kier alpha value is -0.650. The van der Waals surface area contributed by atoms with Crippen molar-refractivity contribution in [1.29, 1.82) is 0 Å². The molecule has 1 amide bonds. The Labute approximate surface area is 128 Å². The topological polar surface area (TPSA) is 64.6 Å². The Kier molecular flexibility index (Phi) is 6.93. The van der Waals surface area contributed by atoms with Crippen LogP contribution in [0.15, 0.2) is 0 Å². The van der Waals surface area contributed by atoms with Crippen molar-refractivity contribution < 1.29 is 9.90 Å². The lowest BCUT2D eigenvalue weighted by molar-refractivity contribution is -0.123. The highest BCUT2D eigenvalue weighted by atomic mass is 16.3. The molecule has 1 saturated carbocycles. The summed E-state index contributed by atoms with van der Waals surface area (Å²) in [5.41, 5.74) is 0. The van der Waals surface area contributed by atoms with E-state index < -0.39 is 0 Å². The molecule has 0 aromatic carbocycles. The highest BCUT2D eigenvalue weighted by Crippen LogP contribution is 2.23. The zero-order chi connectivity index (χ0) is 15.1. The van der Waals surface area contributed by atoms with Crippen LogP contribution in [0, 0.1) is 5.92 Å². The normalized spacial score (nSPS) is 29.8. The summed E-state index contributed by atoms with van der Waals surface area (Å²) >= 11 is 0. The molecule has 2 rings (SSSR count). The first-order valence-corrected chi connectivity index (χ1v) is 8.53. The van der Waals surface area contributed by atoms with E-state index in [4.69, 9.17) is 0 Å². The number of rotatable bonds is 7. The third-order valence-electron chi connectivity index (χ3n) is 4.81. The predicted molar refractivity (Wildman–Crippen MR) is 84.1 cm³/mol. The molecule has 1 aliphatic carbocycles. The standard InChI is InChI=1S/C16H31N3O2/c1-13-4-6-14(7-5-13)18-16(21)12-19(9-10-20)11-15-3-2-8-17-15/h13-15,17,20H,2-12H2,1H3,(H,18,21). The van der Waals surface area contributed by atoms with Gasteiger partial charge >= 0.3 is 0 Å². The number of nitrogens with one attached hydrogen (secondary N) is 2.